The molecule has 0 aromatic carbocycles. The largest absolute Gasteiger partial charge is 0.358 e. The lowest BCUT2D eigenvalue weighted by Crippen LogP contribution is -2.42. The number of nitrogens with zero attached hydrogens (tertiary/aromatic N) is 3. The van der Waals surface area contributed by atoms with Gasteiger partial charge in [0, 0.05) is 25.7 Å². The van der Waals surface area contributed by atoms with Gasteiger partial charge in [0.2, 0.25) is 0 Å². The molecule has 1 unspecified atom stereocenters. The van der Waals surface area contributed by atoms with Crippen LogP contribution in [0.4, 0.5) is 11.5 Å². The smallest absolute Gasteiger partial charge is 0.287 e. The first-order chi connectivity index (χ1) is 8.66. The minimum Gasteiger partial charge on any atom is -0.358 e. The molecular weight excluding hydrogens is 232 g/mol. The molecule has 1 atom stereocenters. The van der Waals surface area contributed by atoms with E-state index in [1.165, 1.54) is 31.5 Å². The summed E-state index contributed by atoms with van der Waals surface area (Å²) in [7, 11) is 1.96. The molecule has 98 valence electrons. The molecule has 1 aliphatic rings. The Balaban J connectivity index is 1.95. The van der Waals surface area contributed by atoms with Crippen molar-refractivity contribution >= 4 is 11.5 Å². The Bertz CT molecular complexity index is 401. The van der Waals surface area contributed by atoms with Gasteiger partial charge in [-0.15, -0.1) is 0 Å². The van der Waals surface area contributed by atoms with E-state index >= 15 is 0 Å². The number of rotatable bonds is 4. The second-order valence-electron chi connectivity index (χ2n) is 4.66. The molecule has 0 bridgehead atoms. The predicted octanol–water partition coefficient (Wildman–Crippen LogP) is 1.57. The second-order valence-corrected chi connectivity index (χ2v) is 4.66. The lowest BCUT2D eigenvalue weighted by atomic mass is 10.0. The Morgan fingerprint density at radius 2 is 2.39 bits per heavy atom. The van der Waals surface area contributed by atoms with Gasteiger partial charge in [0.15, 0.2) is 0 Å². The number of aromatic nitrogens is 1. The fraction of sp³-hybridized carbons (Fsp3) is 0.583. The highest BCUT2D eigenvalue weighted by molar-refractivity contribution is 5.42. The van der Waals surface area contributed by atoms with Crippen LogP contribution in [0.15, 0.2) is 18.3 Å². The van der Waals surface area contributed by atoms with Crippen molar-refractivity contribution in [3.8, 4) is 0 Å². The van der Waals surface area contributed by atoms with Crippen LogP contribution in [0, 0.1) is 10.1 Å². The molecule has 6 nitrogen and oxygen atoms in total. The number of hydrogen-bond donors (Lipinski definition) is 1. The van der Waals surface area contributed by atoms with E-state index < -0.39 is 4.92 Å². The molecule has 1 aromatic rings. The van der Waals surface area contributed by atoms with E-state index in [2.05, 4.69) is 10.3 Å². The molecule has 1 aliphatic heterocycles. The molecule has 2 rings (SSSR count). The van der Waals surface area contributed by atoms with Crippen molar-refractivity contribution in [1.82, 2.24) is 10.3 Å². The third-order valence-electron chi connectivity index (χ3n) is 3.24. The molecule has 18 heavy (non-hydrogen) atoms. The highest BCUT2D eigenvalue weighted by Crippen LogP contribution is 2.16. The topological polar surface area (TPSA) is 71.3 Å². The van der Waals surface area contributed by atoms with Crippen LogP contribution in [-0.4, -0.2) is 36.1 Å². The van der Waals surface area contributed by atoms with E-state index in [1.807, 2.05) is 11.9 Å². The maximum Gasteiger partial charge on any atom is 0.287 e. The maximum absolute atomic E-state index is 10.5. The Morgan fingerprint density at radius 1 is 1.56 bits per heavy atom. The average molecular weight is 250 g/mol. The minimum absolute atomic E-state index is 0.0305. The first-order valence-electron chi connectivity index (χ1n) is 6.22. The van der Waals surface area contributed by atoms with Gasteiger partial charge in [0.1, 0.15) is 12.0 Å². The van der Waals surface area contributed by atoms with Gasteiger partial charge >= 0.3 is 0 Å². The molecule has 0 aliphatic carbocycles. The summed E-state index contributed by atoms with van der Waals surface area (Å²) in [6, 6.07) is 3.68. The normalized spacial score (nSPS) is 19.5. The van der Waals surface area contributed by atoms with Crippen molar-refractivity contribution in [3.63, 3.8) is 0 Å². The third-order valence-corrected chi connectivity index (χ3v) is 3.24. The molecule has 0 amide bonds. The van der Waals surface area contributed by atoms with E-state index in [0.29, 0.717) is 6.04 Å². The maximum atomic E-state index is 10.5. The Morgan fingerprint density at radius 3 is 2.94 bits per heavy atom. The molecule has 1 saturated heterocycles. The van der Waals surface area contributed by atoms with Crippen LogP contribution >= 0.6 is 0 Å². The number of likely N-dealkylation sites (N-methyl/N-ethyl adjacent to an activating group) is 1. The number of anilines is 1. The number of pyridine rings is 1. The van der Waals surface area contributed by atoms with E-state index in [9.17, 15) is 10.1 Å². The first-order valence-corrected chi connectivity index (χ1v) is 6.22. The van der Waals surface area contributed by atoms with Crippen molar-refractivity contribution in [1.29, 1.82) is 0 Å². The minimum atomic E-state index is -0.431. The number of nitrogens with one attached hydrogen (secondary N) is 1. The highest BCUT2D eigenvalue weighted by Gasteiger charge is 2.15. The van der Waals surface area contributed by atoms with Crippen molar-refractivity contribution in [3.05, 3.63) is 28.4 Å². The van der Waals surface area contributed by atoms with Gasteiger partial charge in [-0.25, -0.2) is 4.98 Å². The van der Waals surface area contributed by atoms with E-state index in [4.69, 9.17) is 0 Å². The fourth-order valence-electron chi connectivity index (χ4n) is 2.22. The average Bonchev–Trinajstić information content (AvgIpc) is 2.40. The zero-order valence-electron chi connectivity index (χ0n) is 10.5. The summed E-state index contributed by atoms with van der Waals surface area (Å²) in [6.45, 7) is 1.96. The van der Waals surface area contributed by atoms with Gasteiger partial charge in [0.05, 0.1) is 4.92 Å². The highest BCUT2D eigenvalue weighted by atomic mass is 16.6. The molecule has 1 fully saturated rings. The number of nitro groups is 1. The van der Waals surface area contributed by atoms with Crippen LogP contribution in [0.1, 0.15) is 19.3 Å². The van der Waals surface area contributed by atoms with Gasteiger partial charge in [-0.3, -0.25) is 10.1 Å². The number of piperidine rings is 1. The first kappa shape index (κ1) is 12.8. The predicted molar refractivity (Wildman–Crippen MR) is 69.8 cm³/mol. The van der Waals surface area contributed by atoms with Gasteiger partial charge in [0.25, 0.3) is 5.69 Å². The summed E-state index contributed by atoms with van der Waals surface area (Å²) in [5, 5.41) is 14.0. The quantitative estimate of drug-likeness (QED) is 0.648. The van der Waals surface area contributed by atoms with Gasteiger partial charge in [-0.05, 0) is 25.5 Å². The summed E-state index contributed by atoms with van der Waals surface area (Å²) in [5.74, 6) is 0.771. The van der Waals surface area contributed by atoms with Crippen molar-refractivity contribution in [2.75, 3.05) is 25.0 Å². The lowest BCUT2D eigenvalue weighted by Gasteiger charge is -2.28. The van der Waals surface area contributed by atoms with Gasteiger partial charge in [-0.2, -0.15) is 0 Å². The van der Waals surface area contributed by atoms with Crippen LogP contribution in [0.25, 0.3) is 0 Å². The molecule has 0 radical (unpaired) electrons. The Labute approximate surface area is 106 Å². The second kappa shape index (κ2) is 5.77. The SMILES string of the molecule is CN(CC1CCCCN1)c1ccc([N+](=O)[O-])cn1. The summed E-state index contributed by atoms with van der Waals surface area (Å²) < 4.78 is 0. The standard InChI is InChI=1S/C12H18N4O2/c1-15(9-10-4-2-3-7-13-10)12-6-5-11(8-14-12)16(17)18/h5-6,8,10,13H,2-4,7,9H2,1H3. The monoisotopic (exact) mass is 250 g/mol. The van der Waals surface area contributed by atoms with Gasteiger partial charge < -0.3 is 10.2 Å². The van der Waals surface area contributed by atoms with Gasteiger partial charge in [-0.1, -0.05) is 6.42 Å². The molecule has 1 aromatic heterocycles. The van der Waals surface area contributed by atoms with Crippen LogP contribution < -0.4 is 10.2 Å². The fourth-order valence-corrected chi connectivity index (χ4v) is 2.22. The molecular formula is C12H18N4O2. The van der Waals surface area contributed by atoms with Crippen molar-refractivity contribution in [2.45, 2.75) is 25.3 Å². The molecule has 1 N–H and O–H groups in total. The molecule has 0 spiro atoms. The zero-order chi connectivity index (χ0) is 13.0. The summed E-state index contributed by atoms with van der Waals surface area (Å²) in [5.41, 5.74) is 0.0305. The van der Waals surface area contributed by atoms with E-state index in [0.717, 1.165) is 18.9 Å². The molecule has 6 heteroatoms. The van der Waals surface area contributed by atoms with E-state index in [-0.39, 0.29) is 5.69 Å². The lowest BCUT2D eigenvalue weighted by molar-refractivity contribution is -0.385. The third kappa shape index (κ3) is 3.16. The Kier molecular flexibility index (Phi) is 4.09. The summed E-state index contributed by atoms with van der Waals surface area (Å²) in [4.78, 5) is 16.3. The summed E-state index contributed by atoms with van der Waals surface area (Å²) >= 11 is 0. The molecule has 0 saturated carbocycles. The molecule has 2 heterocycles. The van der Waals surface area contributed by atoms with Crippen LogP contribution in [0.2, 0.25) is 0 Å². The van der Waals surface area contributed by atoms with Crippen molar-refractivity contribution < 1.29 is 4.92 Å². The van der Waals surface area contributed by atoms with E-state index in [1.54, 1.807) is 6.07 Å². The summed E-state index contributed by atoms with van der Waals surface area (Å²) in [6.07, 6.45) is 4.99. The van der Waals surface area contributed by atoms with Crippen LogP contribution in [-0.2, 0) is 0 Å². The number of hydrogen-bond acceptors (Lipinski definition) is 5. The zero-order valence-corrected chi connectivity index (χ0v) is 10.5. The van der Waals surface area contributed by atoms with Crippen molar-refractivity contribution in [2.24, 2.45) is 0 Å². The van der Waals surface area contributed by atoms with Crippen LogP contribution in [0.5, 0.6) is 0 Å². The Hall–Kier alpha value is -1.69. The van der Waals surface area contributed by atoms with Crippen LogP contribution in [0.3, 0.4) is 0 Å².